The average Bonchev–Trinajstić information content (AvgIpc) is 2.44. The van der Waals surface area contributed by atoms with Crippen LogP contribution >= 0.6 is 0 Å². The Kier molecular flexibility index (Phi) is 5.26. The van der Waals surface area contributed by atoms with Crippen molar-refractivity contribution in [3.05, 3.63) is 28.8 Å². The van der Waals surface area contributed by atoms with E-state index in [4.69, 9.17) is 14.6 Å². The van der Waals surface area contributed by atoms with Crippen LogP contribution < -0.4 is 4.74 Å². The van der Waals surface area contributed by atoms with Crippen molar-refractivity contribution in [1.82, 2.24) is 4.90 Å². The van der Waals surface area contributed by atoms with E-state index in [1.54, 1.807) is 17.0 Å². The molecule has 2 atom stereocenters. The lowest BCUT2D eigenvalue weighted by Gasteiger charge is -2.35. The number of carbonyl (C=O) groups excluding carboxylic acids is 1. The predicted molar refractivity (Wildman–Crippen MR) is 85.0 cm³/mol. The van der Waals surface area contributed by atoms with Crippen LogP contribution in [0.3, 0.4) is 0 Å². The van der Waals surface area contributed by atoms with Gasteiger partial charge in [-0.2, -0.15) is 0 Å². The van der Waals surface area contributed by atoms with Gasteiger partial charge in [0, 0.05) is 18.7 Å². The predicted octanol–water partition coefficient (Wildman–Crippen LogP) is 2.02. The third kappa shape index (κ3) is 4.22. The van der Waals surface area contributed by atoms with Gasteiger partial charge in [0.1, 0.15) is 5.75 Å². The van der Waals surface area contributed by atoms with Crippen LogP contribution in [0.25, 0.3) is 0 Å². The molecule has 2 unspecified atom stereocenters. The molecule has 1 amide bonds. The number of carbonyl (C=O) groups is 2. The van der Waals surface area contributed by atoms with Gasteiger partial charge in [0.2, 0.25) is 0 Å². The van der Waals surface area contributed by atoms with Gasteiger partial charge < -0.3 is 19.5 Å². The Morgan fingerprint density at radius 2 is 1.74 bits per heavy atom. The summed E-state index contributed by atoms with van der Waals surface area (Å²) >= 11 is 0. The molecule has 0 spiro atoms. The van der Waals surface area contributed by atoms with Crippen molar-refractivity contribution in [2.45, 2.75) is 39.9 Å². The summed E-state index contributed by atoms with van der Waals surface area (Å²) in [5.41, 5.74) is 2.09. The molecular formula is C17H23NO5. The second-order valence-corrected chi connectivity index (χ2v) is 6.09. The van der Waals surface area contributed by atoms with Crippen LogP contribution in [-0.2, 0) is 9.53 Å². The number of aliphatic carboxylic acids is 1. The summed E-state index contributed by atoms with van der Waals surface area (Å²) in [4.78, 5) is 25.1. The normalized spacial score (nSPS) is 21.1. The van der Waals surface area contributed by atoms with Crippen LogP contribution in [0, 0.1) is 13.8 Å². The Hall–Kier alpha value is -2.08. The summed E-state index contributed by atoms with van der Waals surface area (Å²) in [5, 5.41) is 8.72. The molecule has 0 radical (unpaired) electrons. The zero-order chi connectivity index (χ0) is 17.1. The van der Waals surface area contributed by atoms with E-state index in [1.165, 1.54) is 0 Å². The van der Waals surface area contributed by atoms with Crippen LogP contribution in [0.1, 0.15) is 35.3 Å². The van der Waals surface area contributed by atoms with E-state index in [0.29, 0.717) is 24.4 Å². The second kappa shape index (κ2) is 7.00. The lowest BCUT2D eigenvalue weighted by Crippen LogP contribution is -2.48. The lowest BCUT2D eigenvalue weighted by atomic mass is 10.0. The summed E-state index contributed by atoms with van der Waals surface area (Å²) in [5.74, 6) is -0.545. The number of amides is 1. The van der Waals surface area contributed by atoms with Crippen molar-refractivity contribution in [3.8, 4) is 5.75 Å². The number of hydrogen-bond donors (Lipinski definition) is 1. The quantitative estimate of drug-likeness (QED) is 0.918. The highest BCUT2D eigenvalue weighted by Gasteiger charge is 2.27. The number of morpholine rings is 1. The molecule has 0 aromatic heterocycles. The molecule has 1 fully saturated rings. The SMILES string of the molecule is Cc1cc(C(=O)N2CC(C)OC(C)C2)cc(C)c1OCC(=O)O. The summed E-state index contributed by atoms with van der Waals surface area (Å²) in [6, 6.07) is 3.49. The fourth-order valence-electron chi connectivity index (χ4n) is 2.96. The summed E-state index contributed by atoms with van der Waals surface area (Å²) < 4.78 is 11.0. The van der Waals surface area contributed by atoms with Gasteiger partial charge >= 0.3 is 5.97 Å². The molecule has 6 nitrogen and oxygen atoms in total. The first-order valence-corrected chi connectivity index (χ1v) is 7.68. The third-order valence-electron chi connectivity index (χ3n) is 3.75. The van der Waals surface area contributed by atoms with Gasteiger partial charge in [-0.05, 0) is 51.0 Å². The van der Waals surface area contributed by atoms with Gasteiger partial charge in [0.15, 0.2) is 6.61 Å². The zero-order valence-electron chi connectivity index (χ0n) is 14.0. The van der Waals surface area contributed by atoms with Crippen LogP contribution in [0.5, 0.6) is 5.75 Å². The molecule has 2 rings (SSSR count). The minimum atomic E-state index is -1.03. The molecule has 1 saturated heterocycles. The minimum absolute atomic E-state index is 0.0167. The summed E-state index contributed by atoms with van der Waals surface area (Å²) in [7, 11) is 0. The van der Waals surface area contributed by atoms with Crippen LogP contribution in [-0.4, -0.2) is 53.8 Å². The first kappa shape index (κ1) is 17.3. The highest BCUT2D eigenvalue weighted by Crippen LogP contribution is 2.26. The number of carboxylic acid groups (broad SMARTS) is 1. The monoisotopic (exact) mass is 321 g/mol. The number of aryl methyl sites for hydroxylation is 2. The molecule has 1 heterocycles. The van der Waals surface area contributed by atoms with Crippen molar-refractivity contribution in [3.63, 3.8) is 0 Å². The molecule has 0 aliphatic carbocycles. The van der Waals surface area contributed by atoms with Crippen LogP contribution in [0.2, 0.25) is 0 Å². The van der Waals surface area contributed by atoms with Gasteiger partial charge in [-0.25, -0.2) is 4.79 Å². The van der Waals surface area contributed by atoms with E-state index >= 15 is 0 Å². The van der Waals surface area contributed by atoms with Gasteiger partial charge in [-0.15, -0.1) is 0 Å². The number of rotatable bonds is 4. The Morgan fingerprint density at radius 1 is 1.22 bits per heavy atom. The number of benzene rings is 1. The number of ether oxygens (including phenoxy) is 2. The third-order valence-corrected chi connectivity index (χ3v) is 3.75. The van der Waals surface area contributed by atoms with Crippen molar-refractivity contribution in [2.24, 2.45) is 0 Å². The average molecular weight is 321 g/mol. The summed E-state index contributed by atoms with van der Waals surface area (Å²) in [6.07, 6.45) is 0.0335. The molecule has 1 aromatic rings. The molecule has 6 heteroatoms. The van der Waals surface area contributed by atoms with Crippen molar-refractivity contribution in [2.75, 3.05) is 19.7 Å². The van der Waals surface area contributed by atoms with E-state index in [2.05, 4.69) is 0 Å². The number of carboxylic acids is 1. The maximum absolute atomic E-state index is 12.7. The molecule has 1 aliphatic rings. The van der Waals surface area contributed by atoms with E-state index in [0.717, 1.165) is 11.1 Å². The van der Waals surface area contributed by atoms with Gasteiger partial charge in [-0.3, -0.25) is 4.79 Å². The molecule has 1 aromatic carbocycles. The van der Waals surface area contributed by atoms with E-state index in [9.17, 15) is 9.59 Å². The van der Waals surface area contributed by atoms with Gasteiger partial charge in [0.05, 0.1) is 12.2 Å². The minimum Gasteiger partial charge on any atom is -0.481 e. The van der Waals surface area contributed by atoms with Crippen LogP contribution in [0.15, 0.2) is 12.1 Å². The Morgan fingerprint density at radius 3 is 2.22 bits per heavy atom. The maximum Gasteiger partial charge on any atom is 0.341 e. The smallest absolute Gasteiger partial charge is 0.341 e. The molecule has 126 valence electrons. The highest BCUT2D eigenvalue weighted by atomic mass is 16.5. The topological polar surface area (TPSA) is 76.1 Å². The Labute approximate surface area is 136 Å². The molecule has 23 heavy (non-hydrogen) atoms. The number of hydrogen-bond acceptors (Lipinski definition) is 4. The molecule has 1 aliphatic heterocycles. The Balaban J connectivity index is 2.20. The second-order valence-electron chi connectivity index (χ2n) is 6.09. The van der Waals surface area contributed by atoms with Crippen molar-refractivity contribution < 1.29 is 24.2 Å². The molecule has 0 saturated carbocycles. The van der Waals surface area contributed by atoms with Gasteiger partial charge in [-0.1, -0.05) is 0 Å². The maximum atomic E-state index is 12.7. The van der Waals surface area contributed by atoms with Gasteiger partial charge in [0.25, 0.3) is 5.91 Å². The first-order valence-electron chi connectivity index (χ1n) is 7.68. The molecule has 0 bridgehead atoms. The van der Waals surface area contributed by atoms with Crippen molar-refractivity contribution >= 4 is 11.9 Å². The fraction of sp³-hybridized carbons (Fsp3) is 0.529. The molecule has 1 N–H and O–H groups in total. The lowest BCUT2D eigenvalue weighted by molar-refractivity contribution is -0.139. The first-order chi connectivity index (χ1) is 10.8. The van der Waals surface area contributed by atoms with Crippen molar-refractivity contribution in [1.29, 1.82) is 0 Å². The molecular weight excluding hydrogens is 298 g/mol. The fourth-order valence-corrected chi connectivity index (χ4v) is 2.96. The van der Waals surface area contributed by atoms with E-state index in [1.807, 2.05) is 27.7 Å². The van der Waals surface area contributed by atoms with E-state index < -0.39 is 12.6 Å². The largest absolute Gasteiger partial charge is 0.481 e. The zero-order valence-corrected chi connectivity index (χ0v) is 14.0. The van der Waals surface area contributed by atoms with E-state index in [-0.39, 0.29) is 18.1 Å². The highest BCUT2D eigenvalue weighted by molar-refractivity contribution is 5.95. The number of nitrogens with zero attached hydrogens (tertiary/aromatic N) is 1. The summed E-state index contributed by atoms with van der Waals surface area (Å²) in [6.45, 7) is 8.27. The van der Waals surface area contributed by atoms with Crippen LogP contribution in [0.4, 0.5) is 0 Å². The Bertz CT molecular complexity index is 580. The standard InChI is InChI=1S/C17H23NO5/c1-10-5-14(6-11(2)16(10)22-9-15(19)20)17(21)18-7-12(3)23-13(4)8-18/h5-6,12-13H,7-9H2,1-4H3,(H,19,20).